The van der Waals surface area contributed by atoms with Crippen molar-refractivity contribution in [1.82, 2.24) is 0 Å². The summed E-state index contributed by atoms with van der Waals surface area (Å²) >= 11 is 0. The number of hydrogen-bond donors (Lipinski definition) is 1. The normalized spacial score (nSPS) is 18.2. The summed E-state index contributed by atoms with van der Waals surface area (Å²) in [5, 5.41) is 0. The van der Waals surface area contributed by atoms with E-state index in [-0.39, 0.29) is 0 Å². The Bertz CT molecular complexity index is 164. The van der Waals surface area contributed by atoms with Crippen LogP contribution >= 0.6 is 7.60 Å². The SMILES string of the molecule is CCCCCC(C)COP(C)(=O)O. The highest BCUT2D eigenvalue weighted by atomic mass is 31.2. The van der Waals surface area contributed by atoms with Crippen LogP contribution in [0.1, 0.15) is 39.5 Å². The average Bonchev–Trinajstić information content (AvgIpc) is 2.00. The van der Waals surface area contributed by atoms with Crippen LogP contribution in [0.2, 0.25) is 0 Å². The molecular formula is C9H21O3P. The second-order valence-electron chi connectivity index (χ2n) is 3.70. The van der Waals surface area contributed by atoms with Crippen molar-refractivity contribution in [3.63, 3.8) is 0 Å². The summed E-state index contributed by atoms with van der Waals surface area (Å²) in [6.07, 6.45) is 4.70. The molecular weight excluding hydrogens is 187 g/mol. The predicted molar refractivity (Wildman–Crippen MR) is 55.0 cm³/mol. The van der Waals surface area contributed by atoms with Crippen LogP contribution in [0.15, 0.2) is 0 Å². The first-order chi connectivity index (χ1) is 5.95. The van der Waals surface area contributed by atoms with Crippen LogP contribution in [-0.4, -0.2) is 18.2 Å². The topological polar surface area (TPSA) is 46.5 Å². The van der Waals surface area contributed by atoms with Crippen molar-refractivity contribution in [1.29, 1.82) is 0 Å². The molecule has 0 rings (SSSR count). The smallest absolute Gasteiger partial charge is 0.324 e. The van der Waals surface area contributed by atoms with E-state index in [0.717, 1.165) is 6.42 Å². The molecule has 0 aliphatic heterocycles. The molecule has 0 aromatic rings. The second-order valence-corrected chi connectivity index (χ2v) is 5.56. The Morgan fingerprint density at radius 2 is 2.08 bits per heavy atom. The van der Waals surface area contributed by atoms with Gasteiger partial charge in [-0.05, 0) is 12.3 Å². The molecule has 0 bridgehead atoms. The van der Waals surface area contributed by atoms with Crippen molar-refractivity contribution < 1.29 is 14.0 Å². The zero-order valence-electron chi connectivity index (χ0n) is 8.82. The second kappa shape index (κ2) is 6.58. The van der Waals surface area contributed by atoms with Crippen LogP contribution in [0.25, 0.3) is 0 Å². The van der Waals surface area contributed by atoms with Gasteiger partial charge in [-0.25, -0.2) is 0 Å². The van der Waals surface area contributed by atoms with Crippen LogP contribution in [0, 0.1) is 5.92 Å². The molecule has 0 fully saturated rings. The molecule has 1 N–H and O–H groups in total. The van der Waals surface area contributed by atoms with Gasteiger partial charge < -0.3 is 9.42 Å². The fourth-order valence-corrected chi connectivity index (χ4v) is 1.62. The highest BCUT2D eigenvalue weighted by Crippen LogP contribution is 2.37. The molecule has 2 atom stereocenters. The van der Waals surface area contributed by atoms with Crippen molar-refractivity contribution in [3.05, 3.63) is 0 Å². The molecule has 0 aliphatic carbocycles. The fourth-order valence-electron chi connectivity index (χ4n) is 1.09. The molecule has 0 aliphatic rings. The van der Waals surface area contributed by atoms with Crippen molar-refractivity contribution in [2.24, 2.45) is 5.92 Å². The van der Waals surface area contributed by atoms with Crippen molar-refractivity contribution >= 4 is 7.60 Å². The number of unbranched alkanes of at least 4 members (excludes halogenated alkanes) is 2. The molecule has 0 radical (unpaired) electrons. The lowest BCUT2D eigenvalue weighted by atomic mass is 10.0. The number of hydrogen-bond acceptors (Lipinski definition) is 2. The highest BCUT2D eigenvalue weighted by Gasteiger charge is 2.12. The fraction of sp³-hybridized carbons (Fsp3) is 1.00. The largest absolute Gasteiger partial charge is 0.325 e. The van der Waals surface area contributed by atoms with Gasteiger partial charge in [-0.2, -0.15) is 0 Å². The maximum absolute atomic E-state index is 10.8. The van der Waals surface area contributed by atoms with Crippen LogP contribution in [0.5, 0.6) is 0 Å². The summed E-state index contributed by atoms with van der Waals surface area (Å²) in [6.45, 7) is 5.83. The Labute approximate surface area is 81.0 Å². The highest BCUT2D eigenvalue weighted by molar-refractivity contribution is 7.51. The Morgan fingerprint density at radius 3 is 2.54 bits per heavy atom. The first kappa shape index (κ1) is 13.2. The summed E-state index contributed by atoms with van der Waals surface area (Å²) < 4.78 is 15.6. The molecule has 0 saturated heterocycles. The Morgan fingerprint density at radius 1 is 1.46 bits per heavy atom. The van der Waals surface area contributed by atoms with Gasteiger partial charge in [0.2, 0.25) is 0 Å². The maximum Gasteiger partial charge on any atom is 0.325 e. The van der Waals surface area contributed by atoms with Gasteiger partial charge in [0.25, 0.3) is 0 Å². The van der Waals surface area contributed by atoms with Gasteiger partial charge in [0, 0.05) is 6.66 Å². The minimum Gasteiger partial charge on any atom is -0.324 e. The maximum atomic E-state index is 10.8. The van der Waals surface area contributed by atoms with Gasteiger partial charge in [0.15, 0.2) is 0 Å². The van der Waals surface area contributed by atoms with E-state index < -0.39 is 7.60 Å². The molecule has 0 aromatic heterocycles. The minimum absolute atomic E-state index is 0.381. The molecule has 80 valence electrons. The summed E-state index contributed by atoms with van der Waals surface area (Å²) in [5.74, 6) is 0.381. The Hall–Kier alpha value is 0.150. The van der Waals surface area contributed by atoms with E-state index in [1.54, 1.807) is 0 Å². The first-order valence-corrected chi connectivity index (χ1v) is 6.93. The van der Waals surface area contributed by atoms with Gasteiger partial charge in [0.1, 0.15) is 0 Å². The zero-order valence-corrected chi connectivity index (χ0v) is 9.72. The summed E-state index contributed by atoms with van der Waals surface area (Å²) in [5.41, 5.74) is 0. The molecule has 0 saturated carbocycles. The van der Waals surface area contributed by atoms with Gasteiger partial charge in [-0.1, -0.05) is 33.1 Å². The monoisotopic (exact) mass is 208 g/mol. The van der Waals surface area contributed by atoms with Gasteiger partial charge in [-0.15, -0.1) is 0 Å². The van der Waals surface area contributed by atoms with Gasteiger partial charge in [0.05, 0.1) is 6.61 Å². The third-order valence-electron chi connectivity index (χ3n) is 1.90. The van der Waals surface area contributed by atoms with E-state index in [4.69, 9.17) is 9.42 Å². The third-order valence-corrected chi connectivity index (χ3v) is 2.53. The predicted octanol–water partition coefficient (Wildman–Crippen LogP) is 3.03. The van der Waals surface area contributed by atoms with Gasteiger partial charge >= 0.3 is 7.60 Å². The zero-order chi connectivity index (χ0) is 10.3. The quantitative estimate of drug-likeness (QED) is 0.516. The lowest BCUT2D eigenvalue weighted by Gasteiger charge is -2.12. The van der Waals surface area contributed by atoms with Crippen LogP contribution in [0.3, 0.4) is 0 Å². The average molecular weight is 208 g/mol. The van der Waals surface area contributed by atoms with Crippen molar-refractivity contribution in [3.8, 4) is 0 Å². The number of rotatable bonds is 7. The van der Waals surface area contributed by atoms with E-state index >= 15 is 0 Å². The van der Waals surface area contributed by atoms with E-state index in [1.807, 2.05) is 6.92 Å². The lowest BCUT2D eigenvalue weighted by molar-refractivity contribution is 0.218. The summed E-state index contributed by atoms with van der Waals surface area (Å²) in [6, 6.07) is 0. The van der Waals surface area contributed by atoms with Crippen molar-refractivity contribution in [2.45, 2.75) is 39.5 Å². The summed E-state index contributed by atoms with van der Waals surface area (Å²) in [4.78, 5) is 8.87. The molecule has 0 aromatic carbocycles. The first-order valence-electron chi connectivity index (χ1n) is 4.90. The Balaban J connectivity index is 3.40. The van der Waals surface area contributed by atoms with Crippen LogP contribution in [-0.2, 0) is 9.09 Å². The molecule has 4 heteroatoms. The summed E-state index contributed by atoms with van der Waals surface area (Å²) in [7, 11) is -3.26. The molecule has 0 heterocycles. The van der Waals surface area contributed by atoms with Gasteiger partial charge in [-0.3, -0.25) is 4.57 Å². The minimum atomic E-state index is -3.26. The van der Waals surface area contributed by atoms with E-state index in [0.29, 0.717) is 12.5 Å². The van der Waals surface area contributed by atoms with E-state index in [2.05, 4.69) is 6.92 Å². The molecule has 13 heavy (non-hydrogen) atoms. The van der Waals surface area contributed by atoms with Crippen molar-refractivity contribution in [2.75, 3.05) is 13.3 Å². The molecule has 0 spiro atoms. The molecule has 2 unspecified atom stereocenters. The van der Waals surface area contributed by atoms with Crippen LogP contribution in [0.4, 0.5) is 0 Å². The third kappa shape index (κ3) is 10.1. The molecule has 0 amide bonds. The van der Waals surface area contributed by atoms with E-state index in [9.17, 15) is 4.57 Å². The Kier molecular flexibility index (Phi) is 6.66. The van der Waals surface area contributed by atoms with E-state index in [1.165, 1.54) is 25.9 Å². The molecule has 3 nitrogen and oxygen atoms in total. The van der Waals surface area contributed by atoms with Crippen LogP contribution < -0.4 is 0 Å². The standard InChI is InChI=1S/C9H21O3P/c1-4-5-6-7-9(2)8-12-13(3,10)11/h9H,4-8H2,1-3H3,(H,10,11). The lowest BCUT2D eigenvalue weighted by Crippen LogP contribution is -2.04.